The first kappa shape index (κ1) is 12.2. The molecule has 0 fully saturated rings. The van der Waals surface area contributed by atoms with E-state index in [0.29, 0.717) is 16.9 Å². The highest BCUT2D eigenvalue weighted by Gasteiger charge is 2.16. The molecule has 0 atom stereocenters. The molecule has 1 aromatic carbocycles. The molecular weight excluding hydrogens is 263 g/mol. The number of carbonyl (C=O) groups is 1. The van der Waals surface area contributed by atoms with Crippen LogP contribution in [0.5, 0.6) is 0 Å². The first-order valence-electron chi connectivity index (χ1n) is 5.78. The van der Waals surface area contributed by atoms with Gasteiger partial charge in [-0.3, -0.25) is 0 Å². The number of hydrogen-bond acceptors (Lipinski definition) is 4. The molecule has 0 spiro atoms. The number of nitrogens with zero attached hydrogens (tertiary/aromatic N) is 4. The Balaban J connectivity index is 2.22. The number of carboxylic acid groups (broad SMARTS) is 1. The van der Waals surface area contributed by atoms with Crippen LogP contribution < -0.4 is 0 Å². The molecule has 3 aromatic rings. The zero-order chi connectivity index (χ0) is 14.3. The van der Waals surface area contributed by atoms with Crippen molar-refractivity contribution in [3.8, 4) is 11.1 Å². The Morgan fingerprint density at radius 3 is 2.60 bits per heavy atom. The summed E-state index contributed by atoms with van der Waals surface area (Å²) in [5, 5.41) is 20.7. The molecule has 0 unspecified atom stereocenters. The van der Waals surface area contributed by atoms with Gasteiger partial charge in [0.25, 0.3) is 0 Å². The van der Waals surface area contributed by atoms with Crippen molar-refractivity contribution in [3.63, 3.8) is 0 Å². The minimum atomic E-state index is -1.16. The number of aromatic carboxylic acids is 1. The molecule has 0 aliphatic carbocycles. The minimum absolute atomic E-state index is 0.147. The summed E-state index contributed by atoms with van der Waals surface area (Å²) in [5.74, 6) is -1.49. The Hall–Kier alpha value is -2.83. The topological polar surface area (TPSA) is 80.4 Å². The van der Waals surface area contributed by atoms with Gasteiger partial charge < -0.3 is 5.11 Å². The predicted molar refractivity (Wildman–Crippen MR) is 67.9 cm³/mol. The van der Waals surface area contributed by atoms with Gasteiger partial charge in [-0.25, -0.2) is 13.7 Å². The van der Waals surface area contributed by atoms with Crippen molar-refractivity contribution in [3.05, 3.63) is 47.7 Å². The van der Waals surface area contributed by atoms with E-state index in [0.717, 1.165) is 5.56 Å². The normalized spacial score (nSPS) is 10.9. The molecule has 6 nitrogen and oxygen atoms in total. The lowest BCUT2D eigenvalue weighted by Gasteiger charge is -2.02. The van der Waals surface area contributed by atoms with Gasteiger partial charge in [-0.05, 0) is 24.6 Å². The second-order valence-corrected chi connectivity index (χ2v) is 4.24. The van der Waals surface area contributed by atoms with Crippen molar-refractivity contribution in [2.75, 3.05) is 0 Å². The number of aryl methyl sites for hydroxylation is 1. The molecular formula is C13H9FN4O2. The summed E-state index contributed by atoms with van der Waals surface area (Å²) in [6, 6.07) is 5.89. The molecule has 0 amide bonds. The summed E-state index contributed by atoms with van der Waals surface area (Å²) in [6.07, 6.45) is 1.55. The number of halogens is 1. The third kappa shape index (κ3) is 1.80. The SMILES string of the molecule is Cc1c(C(=O)O)nnc2c(-c3ccc(F)cc3)cnn12. The van der Waals surface area contributed by atoms with Crippen LogP contribution in [0.2, 0.25) is 0 Å². The molecule has 0 aliphatic heterocycles. The van der Waals surface area contributed by atoms with Crippen LogP contribution in [-0.2, 0) is 0 Å². The summed E-state index contributed by atoms with van der Waals surface area (Å²) in [5.41, 5.74) is 2.07. The molecule has 3 rings (SSSR count). The van der Waals surface area contributed by atoms with E-state index in [-0.39, 0.29) is 11.5 Å². The quantitative estimate of drug-likeness (QED) is 0.771. The number of carboxylic acids is 1. The second kappa shape index (κ2) is 4.37. The molecule has 2 heterocycles. The van der Waals surface area contributed by atoms with Crippen LogP contribution in [0.1, 0.15) is 16.2 Å². The molecule has 0 radical (unpaired) electrons. The summed E-state index contributed by atoms with van der Waals surface area (Å²) >= 11 is 0. The number of benzene rings is 1. The zero-order valence-corrected chi connectivity index (χ0v) is 10.4. The van der Waals surface area contributed by atoms with Gasteiger partial charge in [0.15, 0.2) is 11.3 Å². The standard InChI is InChI=1S/C13H9FN4O2/c1-7-11(13(19)20)16-17-12-10(6-15-18(7)12)8-2-4-9(14)5-3-8/h2-6H,1H3,(H,19,20). The molecule has 1 N–H and O–H groups in total. The van der Waals surface area contributed by atoms with E-state index < -0.39 is 5.97 Å². The van der Waals surface area contributed by atoms with Gasteiger partial charge in [-0.1, -0.05) is 12.1 Å². The Morgan fingerprint density at radius 1 is 1.25 bits per heavy atom. The van der Waals surface area contributed by atoms with Gasteiger partial charge in [0.2, 0.25) is 0 Å². The number of hydrogen-bond donors (Lipinski definition) is 1. The predicted octanol–water partition coefficient (Wildman–Crippen LogP) is 1.94. The van der Waals surface area contributed by atoms with Gasteiger partial charge in [-0.2, -0.15) is 5.10 Å². The van der Waals surface area contributed by atoms with E-state index in [1.54, 1.807) is 25.3 Å². The number of aromatic nitrogens is 4. The fraction of sp³-hybridized carbons (Fsp3) is 0.0769. The highest BCUT2D eigenvalue weighted by molar-refractivity contribution is 5.87. The third-order valence-electron chi connectivity index (χ3n) is 3.01. The lowest BCUT2D eigenvalue weighted by atomic mass is 10.1. The van der Waals surface area contributed by atoms with Gasteiger partial charge >= 0.3 is 5.97 Å². The van der Waals surface area contributed by atoms with E-state index in [4.69, 9.17) is 5.11 Å². The van der Waals surface area contributed by atoms with Crippen molar-refractivity contribution in [2.45, 2.75) is 6.92 Å². The highest BCUT2D eigenvalue weighted by atomic mass is 19.1. The maximum absolute atomic E-state index is 12.9. The zero-order valence-electron chi connectivity index (χ0n) is 10.4. The van der Waals surface area contributed by atoms with Crippen molar-refractivity contribution in [2.24, 2.45) is 0 Å². The smallest absolute Gasteiger partial charge is 0.358 e. The summed E-state index contributed by atoms with van der Waals surface area (Å²) in [6.45, 7) is 1.60. The van der Waals surface area contributed by atoms with Crippen molar-refractivity contribution < 1.29 is 14.3 Å². The minimum Gasteiger partial charge on any atom is -0.476 e. The third-order valence-corrected chi connectivity index (χ3v) is 3.01. The Kier molecular flexibility index (Phi) is 2.67. The van der Waals surface area contributed by atoms with E-state index in [1.807, 2.05) is 0 Å². The first-order valence-corrected chi connectivity index (χ1v) is 5.78. The summed E-state index contributed by atoms with van der Waals surface area (Å²) in [4.78, 5) is 11.0. The lowest BCUT2D eigenvalue weighted by Crippen LogP contribution is -2.10. The molecule has 7 heteroatoms. The van der Waals surface area contributed by atoms with Crippen LogP contribution in [0.15, 0.2) is 30.5 Å². The van der Waals surface area contributed by atoms with Crippen LogP contribution in [0.4, 0.5) is 4.39 Å². The fourth-order valence-corrected chi connectivity index (χ4v) is 1.98. The monoisotopic (exact) mass is 272 g/mol. The molecule has 2 aromatic heterocycles. The van der Waals surface area contributed by atoms with E-state index >= 15 is 0 Å². The Bertz CT molecular complexity index is 811. The first-order chi connectivity index (χ1) is 9.58. The Labute approximate surface area is 112 Å². The number of fused-ring (bicyclic) bond motifs is 1. The van der Waals surface area contributed by atoms with Crippen LogP contribution in [0.25, 0.3) is 16.8 Å². The number of rotatable bonds is 2. The van der Waals surface area contributed by atoms with Gasteiger partial charge in [0.1, 0.15) is 5.82 Å². The second-order valence-electron chi connectivity index (χ2n) is 4.24. The fourth-order valence-electron chi connectivity index (χ4n) is 1.98. The Morgan fingerprint density at radius 2 is 1.95 bits per heavy atom. The van der Waals surface area contributed by atoms with Crippen LogP contribution in [-0.4, -0.2) is 30.9 Å². The molecule has 0 aliphatic rings. The average molecular weight is 272 g/mol. The lowest BCUT2D eigenvalue weighted by molar-refractivity contribution is 0.0687. The van der Waals surface area contributed by atoms with Crippen LogP contribution >= 0.6 is 0 Å². The largest absolute Gasteiger partial charge is 0.476 e. The highest BCUT2D eigenvalue weighted by Crippen LogP contribution is 2.24. The van der Waals surface area contributed by atoms with Crippen molar-refractivity contribution in [1.29, 1.82) is 0 Å². The summed E-state index contributed by atoms with van der Waals surface area (Å²) in [7, 11) is 0. The maximum atomic E-state index is 12.9. The average Bonchev–Trinajstić information content (AvgIpc) is 2.84. The maximum Gasteiger partial charge on any atom is 0.358 e. The van der Waals surface area contributed by atoms with Crippen molar-refractivity contribution >= 4 is 11.6 Å². The van der Waals surface area contributed by atoms with Gasteiger partial charge in [0.05, 0.1) is 11.9 Å². The van der Waals surface area contributed by atoms with Crippen molar-refractivity contribution in [1.82, 2.24) is 19.8 Å². The van der Waals surface area contributed by atoms with Gasteiger partial charge in [-0.15, -0.1) is 10.2 Å². The molecule has 0 bridgehead atoms. The molecule has 100 valence electrons. The summed E-state index contributed by atoms with van der Waals surface area (Å²) < 4.78 is 14.3. The van der Waals surface area contributed by atoms with Crippen LogP contribution in [0.3, 0.4) is 0 Å². The molecule has 0 saturated carbocycles. The van der Waals surface area contributed by atoms with E-state index in [9.17, 15) is 9.18 Å². The van der Waals surface area contributed by atoms with E-state index in [1.165, 1.54) is 16.6 Å². The molecule has 0 saturated heterocycles. The van der Waals surface area contributed by atoms with Gasteiger partial charge in [0, 0.05) is 5.56 Å². The van der Waals surface area contributed by atoms with E-state index in [2.05, 4.69) is 15.3 Å². The van der Waals surface area contributed by atoms with Crippen LogP contribution in [0, 0.1) is 12.7 Å². The molecule has 20 heavy (non-hydrogen) atoms.